The van der Waals surface area contributed by atoms with Crippen molar-refractivity contribution < 1.29 is 9.15 Å². The number of benzene rings is 3. The fraction of sp³-hybridized carbons (Fsp3) is 0.154. The molecule has 1 aromatic heterocycles. The smallest absolute Gasteiger partial charge is 0.236 e. The Hall–Kier alpha value is -4.04. The Bertz CT molecular complexity index is 1110. The lowest BCUT2D eigenvalue weighted by molar-refractivity contribution is 0.263. The van der Waals surface area contributed by atoms with E-state index < -0.39 is 0 Å². The third-order valence-corrected chi connectivity index (χ3v) is 4.86. The predicted molar refractivity (Wildman–Crippen MR) is 120 cm³/mol. The second-order valence-electron chi connectivity index (χ2n) is 7.30. The topological polar surface area (TPSA) is 62.3 Å². The fourth-order valence-electron chi connectivity index (χ4n) is 3.29. The van der Waals surface area contributed by atoms with Crippen molar-refractivity contribution in [3.05, 3.63) is 113 Å². The minimum absolute atomic E-state index is 0.155. The molecule has 0 spiro atoms. The zero-order valence-corrected chi connectivity index (χ0v) is 17.4. The van der Waals surface area contributed by atoms with Gasteiger partial charge in [-0.1, -0.05) is 78.4 Å². The van der Waals surface area contributed by atoms with Crippen molar-refractivity contribution in [1.29, 1.82) is 5.26 Å². The number of aromatic nitrogens is 1. The maximum absolute atomic E-state index is 9.69. The molecule has 5 heteroatoms. The van der Waals surface area contributed by atoms with Crippen LogP contribution in [0.1, 0.15) is 28.3 Å². The second-order valence-corrected chi connectivity index (χ2v) is 7.30. The second kappa shape index (κ2) is 9.64. The molecule has 5 nitrogen and oxygen atoms in total. The summed E-state index contributed by atoms with van der Waals surface area (Å²) >= 11 is 0. The molecule has 0 unspecified atom stereocenters. The number of anilines is 1. The summed E-state index contributed by atoms with van der Waals surface area (Å²) in [5.41, 5.74) is 3.66. The molecule has 0 amide bonds. The van der Waals surface area contributed by atoms with E-state index in [1.165, 1.54) is 0 Å². The van der Waals surface area contributed by atoms with Gasteiger partial charge in [-0.25, -0.2) is 0 Å². The third-order valence-electron chi connectivity index (χ3n) is 4.86. The van der Waals surface area contributed by atoms with E-state index in [4.69, 9.17) is 9.15 Å². The molecule has 4 rings (SSSR count). The predicted octanol–water partition coefficient (Wildman–Crippen LogP) is 5.64. The van der Waals surface area contributed by atoms with Crippen LogP contribution in [0, 0.1) is 18.3 Å². The van der Waals surface area contributed by atoms with Crippen LogP contribution in [0.4, 0.5) is 5.88 Å². The molecule has 31 heavy (non-hydrogen) atoms. The molecule has 0 atom stereocenters. The van der Waals surface area contributed by atoms with Crippen molar-refractivity contribution in [1.82, 2.24) is 4.98 Å². The van der Waals surface area contributed by atoms with Crippen LogP contribution in [0.5, 0.6) is 5.75 Å². The van der Waals surface area contributed by atoms with E-state index in [9.17, 15) is 5.26 Å². The lowest BCUT2D eigenvalue weighted by Gasteiger charge is -2.22. The van der Waals surface area contributed by atoms with Crippen LogP contribution in [0.2, 0.25) is 0 Å². The Morgan fingerprint density at radius 2 is 1.45 bits per heavy atom. The third kappa shape index (κ3) is 5.31. The zero-order valence-electron chi connectivity index (χ0n) is 17.4. The Kier molecular flexibility index (Phi) is 6.29. The van der Waals surface area contributed by atoms with E-state index in [0.717, 1.165) is 22.4 Å². The summed E-state index contributed by atoms with van der Waals surface area (Å²) in [5.74, 6) is 1.56. The van der Waals surface area contributed by atoms with Gasteiger partial charge in [0.15, 0.2) is 6.61 Å². The molecular weight excluding hydrogens is 386 g/mol. The van der Waals surface area contributed by atoms with Crippen molar-refractivity contribution >= 4 is 5.88 Å². The van der Waals surface area contributed by atoms with E-state index in [0.29, 0.717) is 24.9 Å². The van der Waals surface area contributed by atoms with Crippen LogP contribution < -0.4 is 9.64 Å². The largest absolute Gasteiger partial charge is 0.484 e. The van der Waals surface area contributed by atoms with Gasteiger partial charge in [0.25, 0.3) is 0 Å². The van der Waals surface area contributed by atoms with Gasteiger partial charge >= 0.3 is 0 Å². The summed E-state index contributed by atoms with van der Waals surface area (Å²) in [6, 6.07) is 30.2. The Morgan fingerprint density at radius 3 is 2.00 bits per heavy atom. The van der Waals surface area contributed by atoms with Gasteiger partial charge in [0.05, 0.1) is 0 Å². The number of hydrogen-bond donors (Lipinski definition) is 0. The Balaban J connectivity index is 1.58. The standard InChI is InChI=1S/C26H23N3O2/c1-20-12-14-23(15-13-20)30-19-25-28-24(16-27)26(31-25)29(17-21-8-4-2-5-9-21)18-22-10-6-3-7-11-22/h2-15H,17-19H2,1H3. The summed E-state index contributed by atoms with van der Waals surface area (Å²) in [4.78, 5) is 6.40. The van der Waals surface area contributed by atoms with Crippen LogP contribution in [0.15, 0.2) is 89.3 Å². The number of aryl methyl sites for hydroxylation is 1. The van der Waals surface area contributed by atoms with Gasteiger partial charge in [-0.2, -0.15) is 10.2 Å². The molecule has 0 saturated carbocycles. The van der Waals surface area contributed by atoms with Crippen LogP contribution in [-0.4, -0.2) is 4.98 Å². The summed E-state index contributed by atoms with van der Waals surface area (Å²) in [6.45, 7) is 3.37. The molecule has 1 heterocycles. The van der Waals surface area contributed by atoms with E-state index in [1.54, 1.807) is 0 Å². The molecule has 0 aliphatic rings. The molecule has 0 aliphatic heterocycles. The van der Waals surface area contributed by atoms with Crippen LogP contribution >= 0.6 is 0 Å². The van der Waals surface area contributed by atoms with Gasteiger partial charge in [-0.15, -0.1) is 0 Å². The highest BCUT2D eigenvalue weighted by Crippen LogP contribution is 2.26. The first kappa shape index (κ1) is 20.2. The Morgan fingerprint density at radius 1 is 0.871 bits per heavy atom. The van der Waals surface area contributed by atoms with Gasteiger partial charge in [0.2, 0.25) is 17.5 Å². The number of nitriles is 1. The van der Waals surface area contributed by atoms with Crippen molar-refractivity contribution in [2.24, 2.45) is 0 Å². The minimum Gasteiger partial charge on any atom is -0.484 e. The van der Waals surface area contributed by atoms with Gasteiger partial charge < -0.3 is 14.1 Å². The average molecular weight is 409 g/mol. The number of nitrogens with zero attached hydrogens (tertiary/aromatic N) is 3. The number of hydrogen-bond acceptors (Lipinski definition) is 5. The monoisotopic (exact) mass is 409 g/mol. The first-order chi connectivity index (χ1) is 15.2. The van der Waals surface area contributed by atoms with Crippen molar-refractivity contribution in [2.75, 3.05) is 4.90 Å². The first-order valence-corrected chi connectivity index (χ1v) is 10.1. The molecule has 0 saturated heterocycles. The van der Waals surface area contributed by atoms with E-state index in [1.807, 2.05) is 72.5 Å². The highest BCUT2D eigenvalue weighted by atomic mass is 16.5. The van der Waals surface area contributed by atoms with Gasteiger partial charge in [0, 0.05) is 13.1 Å². The summed E-state index contributed by atoms with van der Waals surface area (Å²) < 4.78 is 11.8. The fourth-order valence-corrected chi connectivity index (χ4v) is 3.29. The van der Waals surface area contributed by atoms with E-state index >= 15 is 0 Å². The molecule has 0 radical (unpaired) electrons. The zero-order chi connectivity index (χ0) is 21.5. The molecule has 0 aliphatic carbocycles. The minimum atomic E-state index is 0.155. The average Bonchev–Trinajstić information content (AvgIpc) is 3.23. The van der Waals surface area contributed by atoms with Gasteiger partial charge in [-0.05, 0) is 30.2 Å². The van der Waals surface area contributed by atoms with Crippen molar-refractivity contribution in [2.45, 2.75) is 26.6 Å². The maximum atomic E-state index is 9.69. The maximum Gasteiger partial charge on any atom is 0.236 e. The lowest BCUT2D eigenvalue weighted by atomic mass is 10.1. The first-order valence-electron chi connectivity index (χ1n) is 10.1. The molecule has 154 valence electrons. The molecular formula is C26H23N3O2. The summed E-state index contributed by atoms with van der Waals surface area (Å²) in [7, 11) is 0. The van der Waals surface area contributed by atoms with Crippen LogP contribution in [-0.2, 0) is 19.7 Å². The van der Waals surface area contributed by atoms with Gasteiger partial charge in [0.1, 0.15) is 11.8 Å². The summed E-state index contributed by atoms with van der Waals surface area (Å²) in [5, 5.41) is 9.69. The van der Waals surface area contributed by atoms with Crippen molar-refractivity contribution in [3.8, 4) is 11.8 Å². The quantitative estimate of drug-likeness (QED) is 0.377. The normalized spacial score (nSPS) is 10.5. The lowest BCUT2D eigenvalue weighted by Crippen LogP contribution is -2.22. The molecule has 0 N–H and O–H groups in total. The number of ether oxygens (including phenoxy) is 1. The van der Waals surface area contributed by atoms with Crippen LogP contribution in [0.25, 0.3) is 0 Å². The van der Waals surface area contributed by atoms with E-state index in [2.05, 4.69) is 35.3 Å². The van der Waals surface area contributed by atoms with Crippen molar-refractivity contribution in [3.63, 3.8) is 0 Å². The molecule has 0 bridgehead atoms. The SMILES string of the molecule is Cc1ccc(OCc2nc(C#N)c(N(Cc3ccccc3)Cc3ccccc3)o2)cc1. The highest BCUT2D eigenvalue weighted by molar-refractivity contribution is 5.49. The number of rotatable bonds is 8. The van der Waals surface area contributed by atoms with Gasteiger partial charge in [-0.3, -0.25) is 0 Å². The summed E-state index contributed by atoms with van der Waals surface area (Å²) in [6.07, 6.45) is 0. The highest BCUT2D eigenvalue weighted by Gasteiger charge is 2.21. The Labute approximate surface area is 182 Å². The molecule has 0 fully saturated rings. The molecule has 4 aromatic rings. The van der Waals surface area contributed by atoms with E-state index in [-0.39, 0.29) is 12.3 Å². The van der Waals surface area contributed by atoms with Crippen LogP contribution in [0.3, 0.4) is 0 Å². The molecule has 3 aromatic carbocycles. The number of oxazole rings is 1.